The first-order valence-corrected chi connectivity index (χ1v) is 10.4. The van der Waals surface area contributed by atoms with E-state index in [-0.39, 0.29) is 17.2 Å². The number of piperidine rings is 1. The molecule has 2 heterocycles. The molecule has 0 spiro atoms. The number of carbonyl (C=O) groups excluding carboxylic acids is 1. The van der Waals surface area contributed by atoms with Crippen LogP contribution in [0.1, 0.15) is 24.0 Å². The van der Waals surface area contributed by atoms with Gasteiger partial charge < -0.3 is 5.32 Å². The van der Waals surface area contributed by atoms with Crippen molar-refractivity contribution >= 4 is 21.6 Å². The Morgan fingerprint density at radius 3 is 2.50 bits per heavy atom. The van der Waals surface area contributed by atoms with Crippen LogP contribution in [0.2, 0.25) is 0 Å². The molecule has 1 saturated heterocycles. The van der Waals surface area contributed by atoms with Gasteiger partial charge in [0.05, 0.1) is 11.3 Å². The zero-order valence-electron chi connectivity index (χ0n) is 14.5. The normalized spacial score (nSPS) is 18.5. The van der Waals surface area contributed by atoms with E-state index in [1.165, 1.54) is 5.56 Å². The summed E-state index contributed by atoms with van der Waals surface area (Å²) >= 11 is 0. The van der Waals surface area contributed by atoms with Crippen LogP contribution in [0.25, 0.3) is 0 Å². The van der Waals surface area contributed by atoms with Crippen molar-refractivity contribution in [1.29, 1.82) is 0 Å². The van der Waals surface area contributed by atoms with Crippen LogP contribution in [-0.2, 0) is 27.7 Å². The molecule has 136 valence electrons. The monoisotopic (exact) mass is 370 g/mol. The molecule has 2 aliphatic heterocycles. The number of amides is 1. The minimum Gasteiger partial charge on any atom is -0.326 e. The Hall–Kier alpha value is -2.18. The molecule has 4 rings (SSSR count). The second kappa shape index (κ2) is 6.85. The van der Waals surface area contributed by atoms with Crippen LogP contribution in [0.15, 0.2) is 53.4 Å². The van der Waals surface area contributed by atoms with E-state index in [4.69, 9.17) is 0 Å². The summed E-state index contributed by atoms with van der Waals surface area (Å²) in [6.45, 7) is 1.10. The van der Waals surface area contributed by atoms with Crippen molar-refractivity contribution in [2.45, 2.75) is 30.6 Å². The van der Waals surface area contributed by atoms with E-state index in [0.29, 0.717) is 19.0 Å². The van der Waals surface area contributed by atoms with Crippen LogP contribution in [-0.4, -0.2) is 31.7 Å². The van der Waals surface area contributed by atoms with E-state index in [1.807, 2.05) is 18.2 Å². The molecule has 0 atom stereocenters. The third-order valence-electron chi connectivity index (χ3n) is 5.28. The van der Waals surface area contributed by atoms with Crippen molar-refractivity contribution in [1.82, 2.24) is 4.31 Å². The predicted octanol–water partition coefficient (Wildman–Crippen LogP) is 2.82. The molecule has 26 heavy (non-hydrogen) atoms. The van der Waals surface area contributed by atoms with E-state index in [0.717, 1.165) is 30.5 Å². The highest BCUT2D eigenvalue weighted by Gasteiger charge is 2.30. The SMILES string of the molecule is O=C1Cc2cc(S(=O)(=O)N3CCC(Cc4ccccc4)CC3)ccc2N1. The number of carbonyl (C=O) groups is 1. The molecule has 1 N–H and O–H groups in total. The van der Waals surface area contributed by atoms with Crippen molar-refractivity contribution in [3.63, 3.8) is 0 Å². The molecular weight excluding hydrogens is 348 g/mol. The third-order valence-corrected chi connectivity index (χ3v) is 7.17. The molecule has 0 aliphatic carbocycles. The van der Waals surface area contributed by atoms with Gasteiger partial charge >= 0.3 is 0 Å². The summed E-state index contributed by atoms with van der Waals surface area (Å²) in [6.07, 6.45) is 3.00. The van der Waals surface area contributed by atoms with Gasteiger partial charge in [-0.2, -0.15) is 4.31 Å². The van der Waals surface area contributed by atoms with Crippen molar-refractivity contribution in [2.24, 2.45) is 5.92 Å². The second-order valence-corrected chi connectivity index (χ2v) is 9.02. The van der Waals surface area contributed by atoms with Gasteiger partial charge in [0.2, 0.25) is 15.9 Å². The summed E-state index contributed by atoms with van der Waals surface area (Å²) in [5.74, 6) is 0.432. The Balaban J connectivity index is 1.44. The summed E-state index contributed by atoms with van der Waals surface area (Å²) in [5.41, 5.74) is 2.79. The van der Waals surface area contributed by atoms with Crippen LogP contribution >= 0.6 is 0 Å². The Bertz CT molecular complexity index is 917. The lowest BCUT2D eigenvalue weighted by Gasteiger charge is -2.31. The Kier molecular flexibility index (Phi) is 4.54. The number of benzene rings is 2. The highest BCUT2D eigenvalue weighted by Crippen LogP contribution is 2.30. The van der Waals surface area contributed by atoms with E-state index < -0.39 is 10.0 Å². The lowest BCUT2D eigenvalue weighted by molar-refractivity contribution is -0.115. The van der Waals surface area contributed by atoms with Gasteiger partial charge in [0, 0.05) is 18.8 Å². The number of anilines is 1. The Labute approximate surface area is 154 Å². The number of sulfonamides is 1. The second-order valence-electron chi connectivity index (χ2n) is 7.08. The lowest BCUT2D eigenvalue weighted by Crippen LogP contribution is -2.38. The maximum Gasteiger partial charge on any atom is 0.243 e. The molecule has 1 amide bonds. The fraction of sp³-hybridized carbons (Fsp3) is 0.350. The highest BCUT2D eigenvalue weighted by molar-refractivity contribution is 7.89. The molecule has 5 nitrogen and oxygen atoms in total. The molecule has 2 aromatic carbocycles. The number of hydrogen-bond donors (Lipinski definition) is 1. The molecule has 2 aromatic rings. The van der Waals surface area contributed by atoms with Gasteiger partial charge in [0.25, 0.3) is 0 Å². The molecule has 1 fully saturated rings. The molecule has 0 bridgehead atoms. The molecule has 0 unspecified atom stereocenters. The van der Waals surface area contributed by atoms with Gasteiger partial charge in [0.1, 0.15) is 0 Å². The van der Waals surface area contributed by atoms with Crippen LogP contribution in [0.3, 0.4) is 0 Å². The minimum absolute atomic E-state index is 0.0868. The van der Waals surface area contributed by atoms with Gasteiger partial charge in [-0.1, -0.05) is 30.3 Å². The Morgan fingerprint density at radius 2 is 1.77 bits per heavy atom. The molecule has 6 heteroatoms. The zero-order valence-corrected chi connectivity index (χ0v) is 15.3. The standard InChI is InChI=1S/C20H22N2O3S/c23-20-14-17-13-18(6-7-19(17)21-20)26(24,25)22-10-8-16(9-11-22)12-15-4-2-1-3-5-15/h1-7,13,16H,8-12,14H2,(H,21,23). The molecule has 2 aliphatic rings. The summed E-state index contributed by atoms with van der Waals surface area (Å²) in [7, 11) is -3.50. The Morgan fingerprint density at radius 1 is 1.04 bits per heavy atom. The first-order valence-electron chi connectivity index (χ1n) is 8.99. The highest BCUT2D eigenvalue weighted by atomic mass is 32.2. The number of hydrogen-bond acceptors (Lipinski definition) is 3. The molecule has 0 saturated carbocycles. The minimum atomic E-state index is -3.50. The van der Waals surface area contributed by atoms with Crippen molar-refractivity contribution in [3.05, 3.63) is 59.7 Å². The van der Waals surface area contributed by atoms with Crippen LogP contribution in [0.5, 0.6) is 0 Å². The summed E-state index contributed by atoms with van der Waals surface area (Å²) in [6, 6.07) is 15.3. The average Bonchev–Trinajstić information content (AvgIpc) is 3.02. The average molecular weight is 370 g/mol. The maximum absolute atomic E-state index is 13.0. The molecule has 0 radical (unpaired) electrons. The topological polar surface area (TPSA) is 66.5 Å². The van der Waals surface area contributed by atoms with Crippen LogP contribution < -0.4 is 5.32 Å². The van der Waals surface area contributed by atoms with E-state index in [9.17, 15) is 13.2 Å². The van der Waals surface area contributed by atoms with Gasteiger partial charge in [0.15, 0.2) is 0 Å². The molecule has 0 aromatic heterocycles. The number of nitrogens with zero attached hydrogens (tertiary/aromatic N) is 1. The van der Waals surface area contributed by atoms with Crippen molar-refractivity contribution < 1.29 is 13.2 Å². The predicted molar refractivity (Wildman–Crippen MR) is 100 cm³/mol. The van der Waals surface area contributed by atoms with Gasteiger partial charge in [-0.15, -0.1) is 0 Å². The van der Waals surface area contributed by atoms with Crippen LogP contribution in [0, 0.1) is 5.92 Å². The van der Waals surface area contributed by atoms with Gasteiger partial charge in [-0.25, -0.2) is 8.42 Å². The van der Waals surface area contributed by atoms with E-state index in [1.54, 1.807) is 22.5 Å². The van der Waals surface area contributed by atoms with Crippen molar-refractivity contribution in [3.8, 4) is 0 Å². The third kappa shape index (κ3) is 3.39. The van der Waals surface area contributed by atoms with Gasteiger partial charge in [-0.3, -0.25) is 4.79 Å². The smallest absolute Gasteiger partial charge is 0.243 e. The van der Waals surface area contributed by atoms with E-state index >= 15 is 0 Å². The summed E-state index contributed by atoms with van der Waals surface area (Å²) < 4.78 is 27.5. The number of nitrogens with one attached hydrogen (secondary N) is 1. The summed E-state index contributed by atoms with van der Waals surface area (Å²) in [4.78, 5) is 11.8. The quantitative estimate of drug-likeness (QED) is 0.900. The number of rotatable bonds is 4. The summed E-state index contributed by atoms with van der Waals surface area (Å²) in [5, 5.41) is 2.74. The first kappa shape index (κ1) is 17.2. The van der Waals surface area contributed by atoms with Crippen molar-refractivity contribution in [2.75, 3.05) is 18.4 Å². The largest absolute Gasteiger partial charge is 0.326 e. The van der Waals surface area contributed by atoms with Gasteiger partial charge in [-0.05, 0) is 54.5 Å². The van der Waals surface area contributed by atoms with E-state index in [2.05, 4.69) is 17.4 Å². The number of fused-ring (bicyclic) bond motifs is 1. The zero-order chi connectivity index (χ0) is 18.1. The fourth-order valence-corrected chi connectivity index (χ4v) is 5.34. The van der Waals surface area contributed by atoms with Crippen LogP contribution in [0.4, 0.5) is 5.69 Å². The fourth-order valence-electron chi connectivity index (χ4n) is 3.82. The molecular formula is C20H22N2O3S. The first-order chi connectivity index (χ1) is 12.5. The lowest BCUT2D eigenvalue weighted by atomic mass is 9.91. The maximum atomic E-state index is 13.0.